The lowest BCUT2D eigenvalue weighted by Crippen LogP contribution is -2.48. The van der Waals surface area contributed by atoms with Crippen molar-refractivity contribution < 1.29 is 14.3 Å². The van der Waals surface area contributed by atoms with Crippen LogP contribution < -0.4 is 4.74 Å². The number of benzene rings is 1. The third kappa shape index (κ3) is 4.28. The Morgan fingerprint density at radius 1 is 1.08 bits per heavy atom. The topological polar surface area (TPSA) is 42.0 Å². The maximum atomic E-state index is 12.5. The maximum Gasteiger partial charge on any atom is 0.248 e. The van der Waals surface area contributed by atoms with Crippen molar-refractivity contribution >= 4 is 5.91 Å². The average molecular weight is 332 g/mol. The smallest absolute Gasteiger partial charge is 0.248 e. The van der Waals surface area contributed by atoms with Crippen LogP contribution in [0, 0.1) is 0 Å². The minimum atomic E-state index is 0.123. The molecule has 2 aliphatic rings. The molecule has 5 nitrogen and oxygen atoms in total. The Hall–Kier alpha value is -1.59. The zero-order valence-electron chi connectivity index (χ0n) is 14.5. The summed E-state index contributed by atoms with van der Waals surface area (Å²) in [5.41, 5.74) is 0. The van der Waals surface area contributed by atoms with Crippen LogP contribution in [0.25, 0.3) is 0 Å². The minimum Gasteiger partial charge on any atom is -0.491 e. The van der Waals surface area contributed by atoms with Gasteiger partial charge in [0.15, 0.2) is 0 Å². The second-order valence-electron chi connectivity index (χ2n) is 6.70. The molecular formula is C19H28N2O3. The van der Waals surface area contributed by atoms with E-state index in [2.05, 4.69) is 11.9 Å². The molecule has 0 N–H and O–H groups in total. The molecule has 0 unspecified atom stereocenters. The van der Waals surface area contributed by atoms with Crippen LogP contribution >= 0.6 is 0 Å². The lowest BCUT2D eigenvalue weighted by molar-refractivity contribution is -0.138. The molecule has 2 aliphatic heterocycles. The highest BCUT2D eigenvalue weighted by Gasteiger charge is 2.38. The Morgan fingerprint density at radius 3 is 2.58 bits per heavy atom. The van der Waals surface area contributed by atoms with E-state index in [1.165, 1.54) is 12.8 Å². The summed E-state index contributed by atoms with van der Waals surface area (Å²) in [4.78, 5) is 16.9. The van der Waals surface area contributed by atoms with Crippen molar-refractivity contribution in [1.29, 1.82) is 0 Å². The number of para-hydroxylation sites is 1. The largest absolute Gasteiger partial charge is 0.491 e. The van der Waals surface area contributed by atoms with E-state index in [-0.39, 0.29) is 12.5 Å². The Kier molecular flexibility index (Phi) is 6.10. The van der Waals surface area contributed by atoms with Gasteiger partial charge in [-0.15, -0.1) is 0 Å². The van der Waals surface area contributed by atoms with Crippen LogP contribution in [0.2, 0.25) is 0 Å². The number of hydrogen-bond donors (Lipinski definition) is 0. The number of carbonyl (C=O) groups excluding carboxylic acids is 1. The molecule has 132 valence electrons. The van der Waals surface area contributed by atoms with Crippen LogP contribution in [-0.2, 0) is 9.53 Å². The fraction of sp³-hybridized carbons (Fsp3) is 0.632. The molecule has 0 aromatic heterocycles. The van der Waals surface area contributed by atoms with Crippen molar-refractivity contribution in [2.75, 3.05) is 40.0 Å². The molecular weight excluding hydrogens is 304 g/mol. The average Bonchev–Trinajstić information content (AvgIpc) is 3.23. The van der Waals surface area contributed by atoms with Crippen LogP contribution in [0.5, 0.6) is 5.75 Å². The maximum absolute atomic E-state index is 12.5. The van der Waals surface area contributed by atoms with Crippen LogP contribution in [-0.4, -0.2) is 67.7 Å². The molecule has 1 amide bonds. The summed E-state index contributed by atoms with van der Waals surface area (Å²) in [5.74, 6) is 0.953. The molecule has 0 spiro atoms. The van der Waals surface area contributed by atoms with Crippen LogP contribution in [0.15, 0.2) is 30.3 Å². The van der Waals surface area contributed by atoms with E-state index in [0.717, 1.165) is 31.7 Å². The van der Waals surface area contributed by atoms with Gasteiger partial charge in [-0.1, -0.05) is 18.2 Å². The molecule has 5 heteroatoms. The Morgan fingerprint density at radius 2 is 1.83 bits per heavy atom. The summed E-state index contributed by atoms with van der Waals surface area (Å²) in [6.45, 7) is 3.08. The summed E-state index contributed by atoms with van der Waals surface area (Å²) in [7, 11) is 2.18. The van der Waals surface area contributed by atoms with E-state index in [4.69, 9.17) is 9.47 Å². The Labute approximate surface area is 144 Å². The van der Waals surface area contributed by atoms with Gasteiger partial charge in [-0.2, -0.15) is 0 Å². The molecule has 24 heavy (non-hydrogen) atoms. The van der Waals surface area contributed by atoms with Gasteiger partial charge in [-0.25, -0.2) is 0 Å². The zero-order valence-corrected chi connectivity index (χ0v) is 14.5. The van der Waals surface area contributed by atoms with Crippen LogP contribution in [0.4, 0.5) is 0 Å². The van der Waals surface area contributed by atoms with Crippen molar-refractivity contribution in [1.82, 2.24) is 9.80 Å². The van der Waals surface area contributed by atoms with Gasteiger partial charge in [0.25, 0.3) is 0 Å². The summed E-state index contributed by atoms with van der Waals surface area (Å²) >= 11 is 0. The molecule has 0 radical (unpaired) electrons. The zero-order chi connectivity index (χ0) is 16.8. The first kappa shape index (κ1) is 17.2. The standard InChI is InChI=1S/C19H28N2O3/c1-20-11-5-9-17(20)18-10-6-12-21(18)19(22)15-23-13-14-24-16-7-3-2-4-8-16/h2-4,7-8,17-18H,5-6,9-15H2,1H3/t17-,18-/m0/s1. The molecule has 0 saturated carbocycles. The van der Waals surface area contributed by atoms with E-state index in [9.17, 15) is 4.79 Å². The highest BCUT2D eigenvalue weighted by Crippen LogP contribution is 2.29. The molecule has 2 heterocycles. The quantitative estimate of drug-likeness (QED) is 0.718. The fourth-order valence-corrected chi connectivity index (χ4v) is 3.90. The van der Waals surface area contributed by atoms with Crippen molar-refractivity contribution in [2.45, 2.75) is 37.8 Å². The van der Waals surface area contributed by atoms with E-state index in [0.29, 0.717) is 25.3 Å². The van der Waals surface area contributed by atoms with Gasteiger partial charge in [-0.3, -0.25) is 4.79 Å². The summed E-state index contributed by atoms with van der Waals surface area (Å²) in [6, 6.07) is 10.6. The normalized spacial score (nSPS) is 24.5. The SMILES string of the molecule is CN1CCC[C@H]1[C@@H]1CCCN1C(=O)COCCOc1ccccc1. The predicted molar refractivity (Wildman–Crippen MR) is 93.1 cm³/mol. The number of ether oxygens (including phenoxy) is 2. The van der Waals surface area contributed by atoms with Crippen LogP contribution in [0.1, 0.15) is 25.7 Å². The number of rotatable bonds is 7. The number of carbonyl (C=O) groups is 1. The highest BCUT2D eigenvalue weighted by molar-refractivity contribution is 5.78. The fourth-order valence-electron chi connectivity index (χ4n) is 3.90. The van der Waals surface area contributed by atoms with Crippen molar-refractivity contribution in [3.05, 3.63) is 30.3 Å². The molecule has 1 aromatic carbocycles. The Balaban J connectivity index is 1.38. The third-order valence-electron chi connectivity index (χ3n) is 5.11. The third-order valence-corrected chi connectivity index (χ3v) is 5.11. The van der Waals surface area contributed by atoms with Crippen molar-refractivity contribution in [3.63, 3.8) is 0 Å². The van der Waals surface area contributed by atoms with Gasteiger partial charge < -0.3 is 19.3 Å². The minimum absolute atomic E-state index is 0.123. The van der Waals surface area contributed by atoms with Crippen molar-refractivity contribution in [2.24, 2.45) is 0 Å². The van der Waals surface area contributed by atoms with Crippen molar-refractivity contribution in [3.8, 4) is 5.75 Å². The lowest BCUT2D eigenvalue weighted by atomic mass is 10.0. The number of likely N-dealkylation sites (N-methyl/N-ethyl adjacent to an activating group) is 1. The van der Waals surface area contributed by atoms with Gasteiger partial charge in [-0.05, 0) is 51.4 Å². The van der Waals surface area contributed by atoms with Gasteiger partial charge >= 0.3 is 0 Å². The lowest BCUT2D eigenvalue weighted by Gasteiger charge is -2.33. The number of amides is 1. The molecule has 1 aromatic rings. The van der Waals surface area contributed by atoms with E-state index in [1.54, 1.807) is 0 Å². The summed E-state index contributed by atoms with van der Waals surface area (Å²) in [5, 5.41) is 0. The highest BCUT2D eigenvalue weighted by atomic mass is 16.5. The van der Waals surface area contributed by atoms with Gasteiger partial charge in [0.1, 0.15) is 19.0 Å². The molecule has 2 atom stereocenters. The first-order chi connectivity index (χ1) is 11.8. The summed E-state index contributed by atoms with van der Waals surface area (Å²) < 4.78 is 11.1. The predicted octanol–water partition coefficient (Wildman–Crippen LogP) is 2.17. The monoisotopic (exact) mass is 332 g/mol. The van der Waals surface area contributed by atoms with E-state index >= 15 is 0 Å². The molecule has 0 aliphatic carbocycles. The van der Waals surface area contributed by atoms with Gasteiger partial charge in [0, 0.05) is 18.6 Å². The number of nitrogens with zero attached hydrogens (tertiary/aromatic N) is 2. The second kappa shape index (κ2) is 8.49. The number of likely N-dealkylation sites (tertiary alicyclic amines) is 2. The van der Waals surface area contributed by atoms with Crippen LogP contribution in [0.3, 0.4) is 0 Å². The van der Waals surface area contributed by atoms with E-state index in [1.807, 2.05) is 35.2 Å². The first-order valence-corrected chi connectivity index (χ1v) is 9.01. The molecule has 0 bridgehead atoms. The molecule has 3 rings (SSSR count). The number of hydrogen-bond acceptors (Lipinski definition) is 4. The van der Waals surface area contributed by atoms with Gasteiger partial charge in [0.05, 0.1) is 6.61 Å². The molecule has 2 fully saturated rings. The van der Waals surface area contributed by atoms with Gasteiger partial charge in [0.2, 0.25) is 5.91 Å². The Bertz CT molecular complexity index is 523. The summed E-state index contributed by atoms with van der Waals surface area (Å²) in [6.07, 6.45) is 4.68. The molecule has 2 saturated heterocycles. The second-order valence-corrected chi connectivity index (χ2v) is 6.70. The van der Waals surface area contributed by atoms with E-state index < -0.39 is 0 Å². The first-order valence-electron chi connectivity index (χ1n) is 9.01.